The maximum atomic E-state index is 5.91. The summed E-state index contributed by atoms with van der Waals surface area (Å²) in [6, 6.07) is 3.87. The number of piperazine rings is 1. The molecule has 1 saturated heterocycles. The van der Waals surface area contributed by atoms with E-state index in [1.54, 1.807) is 0 Å². The number of anilines is 2. The van der Waals surface area contributed by atoms with Crippen LogP contribution in [0.1, 0.15) is 0 Å². The summed E-state index contributed by atoms with van der Waals surface area (Å²) >= 11 is 0. The quantitative estimate of drug-likeness (QED) is 0.541. The minimum atomic E-state index is 0.553. The number of nitrogen functional groups attached to an aromatic ring is 1. The Morgan fingerprint density at radius 2 is 1.61 bits per heavy atom. The van der Waals surface area contributed by atoms with E-state index in [2.05, 4.69) is 4.90 Å². The topological polar surface area (TPSA) is 77.0 Å². The molecule has 0 atom stereocenters. The number of nitrogens with two attached hydrogens (primary N) is 2. The van der Waals surface area contributed by atoms with Gasteiger partial charge in [-0.25, -0.2) is 5.01 Å². The van der Waals surface area contributed by atoms with Crippen LogP contribution in [-0.2, 0) is 0 Å². The second kappa shape index (κ2) is 4.55. The molecule has 2 aliphatic heterocycles. The Hall–Kier alpha value is -1.66. The maximum absolute atomic E-state index is 5.91. The zero-order chi connectivity index (χ0) is 12.5. The van der Waals surface area contributed by atoms with Crippen molar-refractivity contribution in [3.8, 4) is 11.5 Å². The lowest BCUT2D eigenvalue weighted by Gasteiger charge is -2.35. The van der Waals surface area contributed by atoms with Gasteiger partial charge in [0.05, 0.1) is 11.4 Å². The number of hydrazine groups is 1. The fraction of sp³-hybridized carbons (Fsp3) is 0.500. The molecule has 0 radical (unpaired) electrons. The van der Waals surface area contributed by atoms with E-state index in [1.807, 2.05) is 17.1 Å². The number of ether oxygens (including phenoxy) is 2. The van der Waals surface area contributed by atoms with Crippen LogP contribution >= 0.6 is 0 Å². The van der Waals surface area contributed by atoms with Gasteiger partial charge in [0.15, 0.2) is 11.5 Å². The van der Waals surface area contributed by atoms with Crippen LogP contribution in [0.5, 0.6) is 11.5 Å². The van der Waals surface area contributed by atoms with Crippen molar-refractivity contribution in [1.29, 1.82) is 0 Å². The highest BCUT2D eigenvalue weighted by molar-refractivity contribution is 5.73. The van der Waals surface area contributed by atoms with E-state index in [1.165, 1.54) is 0 Å². The van der Waals surface area contributed by atoms with Crippen molar-refractivity contribution in [3.63, 3.8) is 0 Å². The zero-order valence-corrected chi connectivity index (χ0v) is 10.3. The van der Waals surface area contributed by atoms with E-state index in [-0.39, 0.29) is 0 Å². The number of hydrogen-bond donors (Lipinski definition) is 2. The van der Waals surface area contributed by atoms with Crippen LogP contribution in [0.15, 0.2) is 12.1 Å². The first-order valence-electron chi connectivity index (χ1n) is 6.18. The predicted octanol–water partition coefficient (Wildman–Crippen LogP) is 0.0357. The number of fused-ring (bicyclic) bond motifs is 1. The third kappa shape index (κ3) is 1.93. The Morgan fingerprint density at radius 3 is 2.33 bits per heavy atom. The van der Waals surface area contributed by atoms with Crippen molar-refractivity contribution in [3.05, 3.63) is 12.1 Å². The molecule has 1 aromatic rings. The summed E-state index contributed by atoms with van der Waals surface area (Å²) in [5.41, 5.74) is 7.59. The molecular formula is C12H18N4O2. The molecule has 18 heavy (non-hydrogen) atoms. The Kier molecular flexibility index (Phi) is 2.89. The molecule has 0 spiro atoms. The maximum Gasteiger partial charge on any atom is 0.186 e. The highest BCUT2D eigenvalue weighted by Crippen LogP contribution is 2.43. The van der Waals surface area contributed by atoms with Crippen molar-refractivity contribution in [2.24, 2.45) is 5.84 Å². The van der Waals surface area contributed by atoms with E-state index in [0.29, 0.717) is 24.7 Å². The first kappa shape index (κ1) is 11.4. The SMILES string of the molecule is Nc1ccc(N2CCN(N)CC2)c2c1OCCO2. The fourth-order valence-corrected chi connectivity index (χ4v) is 2.36. The van der Waals surface area contributed by atoms with Crippen LogP contribution in [-0.4, -0.2) is 44.4 Å². The molecule has 6 nitrogen and oxygen atoms in total. The van der Waals surface area contributed by atoms with Crippen molar-refractivity contribution in [2.75, 3.05) is 50.0 Å². The van der Waals surface area contributed by atoms with Gasteiger partial charge in [0, 0.05) is 26.2 Å². The zero-order valence-electron chi connectivity index (χ0n) is 10.3. The lowest BCUT2D eigenvalue weighted by molar-refractivity contribution is 0.172. The van der Waals surface area contributed by atoms with Gasteiger partial charge in [-0.3, -0.25) is 5.84 Å². The average Bonchev–Trinajstić information content (AvgIpc) is 2.41. The Morgan fingerprint density at radius 1 is 0.944 bits per heavy atom. The molecule has 0 saturated carbocycles. The van der Waals surface area contributed by atoms with E-state index in [0.717, 1.165) is 37.6 Å². The molecule has 0 bridgehead atoms. The normalized spacial score (nSPS) is 19.9. The molecule has 1 fully saturated rings. The molecule has 6 heteroatoms. The highest BCUT2D eigenvalue weighted by Gasteiger charge is 2.24. The van der Waals surface area contributed by atoms with E-state index in [4.69, 9.17) is 21.1 Å². The van der Waals surface area contributed by atoms with Gasteiger partial charge < -0.3 is 20.1 Å². The van der Waals surface area contributed by atoms with Gasteiger partial charge >= 0.3 is 0 Å². The second-order valence-electron chi connectivity index (χ2n) is 4.55. The average molecular weight is 250 g/mol. The monoisotopic (exact) mass is 250 g/mol. The van der Waals surface area contributed by atoms with E-state index >= 15 is 0 Å². The molecule has 2 heterocycles. The molecule has 0 amide bonds. The Balaban J connectivity index is 1.92. The lowest BCUT2D eigenvalue weighted by atomic mass is 10.2. The Labute approximate surface area is 106 Å². The Bertz CT molecular complexity index is 444. The summed E-state index contributed by atoms with van der Waals surface area (Å²) in [7, 11) is 0. The second-order valence-corrected chi connectivity index (χ2v) is 4.55. The van der Waals surface area contributed by atoms with E-state index < -0.39 is 0 Å². The first-order valence-corrected chi connectivity index (χ1v) is 6.18. The standard InChI is InChI=1S/C12H18N4O2/c13-9-1-2-10(12-11(9)17-7-8-18-12)15-3-5-16(14)6-4-15/h1-2H,3-8,13-14H2. The number of nitrogens with zero attached hydrogens (tertiary/aromatic N) is 2. The molecule has 0 aromatic heterocycles. The number of hydrogen-bond acceptors (Lipinski definition) is 6. The summed E-state index contributed by atoms with van der Waals surface area (Å²) in [6.07, 6.45) is 0. The van der Waals surface area contributed by atoms with Crippen LogP contribution in [0, 0.1) is 0 Å². The largest absolute Gasteiger partial charge is 0.484 e. The first-order chi connectivity index (χ1) is 8.75. The minimum Gasteiger partial charge on any atom is -0.484 e. The fourth-order valence-electron chi connectivity index (χ4n) is 2.36. The third-order valence-corrected chi connectivity index (χ3v) is 3.35. The van der Waals surface area contributed by atoms with Gasteiger partial charge in [-0.05, 0) is 12.1 Å². The summed E-state index contributed by atoms with van der Waals surface area (Å²) in [5.74, 6) is 7.21. The van der Waals surface area contributed by atoms with Gasteiger partial charge in [-0.2, -0.15) is 0 Å². The minimum absolute atomic E-state index is 0.553. The van der Waals surface area contributed by atoms with Crippen LogP contribution in [0.3, 0.4) is 0 Å². The van der Waals surface area contributed by atoms with Gasteiger partial charge in [0.1, 0.15) is 13.2 Å². The molecule has 0 unspecified atom stereocenters. The molecule has 0 aliphatic carbocycles. The van der Waals surface area contributed by atoms with Crippen LogP contribution in [0.2, 0.25) is 0 Å². The molecular weight excluding hydrogens is 232 g/mol. The predicted molar refractivity (Wildman–Crippen MR) is 69.8 cm³/mol. The third-order valence-electron chi connectivity index (χ3n) is 3.35. The summed E-state index contributed by atoms with van der Waals surface area (Å²) in [6.45, 7) is 4.59. The van der Waals surface area contributed by atoms with Gasteiger partial charge in [-0.15, -0.1) is 0 Å². The molecule has 98 valence electrons. The van der Waals surface area contributed by atoms with Crippen molar-refractivity contribution < 1.29 is 9.47 Å². The number of rotatable bonds is 1. The molecule has 1 aromatic carbocycles. The summed E-state index contributed by atoms with van der Waals surface area (Å²) < 4.78 is 11.3. The highest BCUT2D eigenvalue weighted by atomic mass is 16.6. The van der Waals surface area contributed by atoms with Crippen LogP contribution in [0.25, 0.3) is 0 Å². The van der Waals surface area contributed by atoms with Gasteiger partial charge in [0.2, 0.25) is 0 Å². The summed E-state index contributed by atoms with van der Waals surface area (Å²) in [5, 5.41) is 1.83. The van der Waals surface area contributed by atoms with Crippen molar-refractivity contribution in [2.45, 2.75) is 0 Å². The lowest BCUT2D eigenvalue weighted by Crippen LogP contribution is -2.49. The van der Waals surface area contributed by atoms with Gasteiger partial charge in [0.25, 0.3) is 0 Å². The summed E-state index contributed by atoms with van der Waals surface area (Å²) in [4.78, 5) is 2.26. The molecule has 2 aliphatic rings. The molecule has 3 rings (SSSR count). The van der Waals surface area contributed by atoms with Crippen molar-refractivity contribution in [1.82, 2.24) is 5.01 Å². The number of benzene rings is 1. The van der Waals surface area contributed by atoms with Crippen LogP contribution in [0.4, 0.5) is 11.4 Å². The van der Waals surface area contributed by atoms with Crippen LogP contribution < -0.4 is 25.9 Å². The smallest absolute Gasteiger partial charge is 0.186 e. The van der Waals surface area contributed by atoms with Gasteiger partial charge in [-0.1, -0.05) is 0 Å². The van der Waals surface area contributed by atoms with Crippen molar-refractivity contribution >= 4 is 11.4 Å². The van der Waals surface area contributed by atoms with E-state index in [9.17, 15) is 0 Å². The molecule has 4 N–H and O–H groups in total.